The van der Waals surface area contributed by atoms with Crippen molar-refractivity contribution in [3.8, 4) is 23.3 Å². The largest absolute Gasteiger partial charge is 0.573 e. The van der Waals surface area contributed by atoms with Gasteiger partial charge in [0.15, 0.2) is 11.5 Å². The van der Waals surface area contributed by atoms with Crippen LogP contribution in [-0.4, -0.2) is 6.36 Å². The van der Waals surface area contributed by atoms with E-state index in [1.54, 1.807) is 13.0 Å². The molecule has 21 heavy (non-hydrogen) atoms. The van der Waals surface area contributed by atoms with Crippen molar-refractivity contribution >= 4 is 0 Å². The van der Waals surface area contributed by atoms with Gasteiger partial charge in [0.05, 0.1) is 11.6 Å². The zero-order chi connectivity index (χ0) is 15.5. The standard InChI is InChI=1S/C15H10F3NO2/c1-10-8-12(7-6-11(10)9-19)20-13-4-2-3-5-14(13)21-15(16,17)18/h2-8H,1H3. The summed E-state index contributed by atoms with van der Waals surface area (Å²) in [4.78, 5) is 0. The molecule has 0 aromatic heterocycles. The molecule has 0 heterocycles. The minimum atomic E-state index is -4.79. The van der Waals surface area contributed by atoms with Crippen LogP contribution in [0, 0.1) is 18.3 Å². The Morgan fingerprint density at radius 1 is 1.05 bits per heavy atom. The molecule has 0 aliphatic carbocycles. The van der Waals surface area contributed by atoms with Gasteiger partial charge in [-0.05, 0) is 42.8 Å². The van der Waals surface area contributed by atoms with Gasteiger partial charge in [-0.1, -0.05) is 12.1 Å². The van der Waals surface area contributed by atoms with Crippen molar-refractivity contribution in [2.75, 3.05) is 0 Å². The maximum absolute atomic E-state index is 12.3. The quantitative estimate of drug-likeness (QED) is 0.833. The van der Waals surface area contributed by atoms with Crippen molar-refractivity contribution in [3.63, 3.8) is 0 Å². The second kappa shape index (κ2) is 5.75. The Morgan fingerprint density at radius 2 is 1.71 bits per heavy atom. The average Bonchev–Trinajstić information content (AvgIpc) is 2.40. The van der Waals surface area contributed by atoms with E-state index in [0.717, 1.165) is 0 Å². The van der Waals surface area contributed by atoms with E-state index in [1.807, 2.05) is 6.07 Å². The third-order valence-electron chi connectivity index (χ3n) is 2.62. The van der Waals surface area contributed by atoms with Gasteiger partial charge in [0.2, 0.25) is 0 Å². The van der Waals surface area contributed by atoms with Crippen LogP contribution < -0.4 is 9.47 Å². The summed E-state index contributed by atoms with van der Waals surface area (Å²) in [5, 5.41) is 8.83. The highest BCUT2D eigenvalue weighted by Gasteiger charge is 2.32. The minimum Gasteiger partial charge on any atom is -0.453 e. The van der Waals surface area contributed by atoms with Gasteiger partial charge < -0.3 is 9.47 Å². The molecule has 0 radical (unpaired) electrons. The summed E-state index contributed by atoms with van der Waals surface area (Å²) in [6.07, 6.45) is -4.79. The SMILES string of the molecule is Cc1cc(Oc2ccccc2OC(F)(F)F)ccc1C#N. The van der Waals surface area contributed by atoms with E-state index in [-0.39, 0.29) is 5.75 Å². The molecule has 0 spiro atoms. The summed E-state index contributed by atoms with van der Waals surface area (Å²) in [5.41, 5.74) is 1.14. The molecule has 2 aromatic rings. The topological polar surface area (TPSA) is 42.2 Å². The molecule has 2 aromatic carbocycles. The molecule has 0 atom stereocenters. The van der Waals surface area contributed by atoms with Crippen LogP contribution in [0.15, 0.2) is 42.5 Å². The Balaban J connectivity index is 2.28. The molecular formula is C15H10F3NO2. The zero-order valence-corrected chi connectivity index (χ0v) is 10.9. The van der Waals surface area contributed by atoms with E-state index in [2.05, 4.69) is 4.74 Å². The van der Waals surface area contributed by atoms with Crippen molar-refractivity contribution in [1.82, 2.24) is 0 Å². The Kier molecular flexibility index (Phi) is 4.03. The lowest BCUT2D eigenvalue weighted by atomic mass is 10.1. The van der Waals surface area contributed by atoms with Crippen LogP contribution in [-0.2, 0) is 0 Å². The number of alkyl halides is 3. The summed E-state index contributed by atoms with van der Waals surface area (Å²) in [5.74, 6) is -0.157. The van der Waals surface area contributed by atoms with Gasteiger partial charge in [-0.15, -0.1) is 13.2 Å². The number of hydrogen-bond donors (Lipinski definition) is 0. The van der Waals surface area contributed by atoms with Crippen molar-refractivity contribution < 1.29 is 22.6 Å². The van der Waals surface area contributed by atoms with Crippen LogP contribution in [0.1, 0.15) is 11.1 Å². The van der Waals surface area contributed by atoms with Crippen LogP contribution in [0.2, 0.25) is 0 Å². The van der Waals surface area contributed by atoms with Gasteiger partial charge in [0.25, 0.3) is 0 Å². The molecule has 0 N–H and O–H groups in total. The number of nitrogens with zero attached hydrogens (tertiary/aromatic N) is 1. The number of hydrogen-bond acceptors (Lipinski definition) is 3. The number of rotatable bonds is 3. The Bertz CT molecular complexity index is 690. The first-order valence-electron chi connectivity index (χ1n) is 5.92. The Morgan fingerprint density at radius 3 is 2.29 bits per heavy atom. The van der Waals surface area contributed by atoms with Gasteiger partial charge in [-0.25, -0.2) is 0 Å². The number of ether oxygens (including phenoxy) is 2. The van der Waals surface area contributed by atoms with Gasteiger partial charge >= 0.3 is 6.36 Å². The average molecular weight is 293 g/mol. The summed E-state index contributed by atoms with van der Waals surface area (Å²) < 4.78 is 46.2. The fourth-order valence-corrected chi connectivity index (χ4v) is 1.70. The molecule has 3 nitrogen and oxygen atoms in total. The number of para-hydroxylation sites is 2. The molecule has 0 unspecified atom stereocenters. The molecule has 6 heteroatoms. The normalized spacial score (nSPS) is 10.8. The number of halogens is 3. The molecule has 0 bridgehead atoms. The molecule has 0 aliphatic heterocycles. The van der Waals surface area contributed by atoms with E-state index < -0.39 is 12.1 Å². The van der Waals surface area contributed by atoms with Crippen LogP contribution in [0.3, 0.4) is 0 Å². The van der Waals surface area contributed by atoms with Gasteiger partial charge in [0, 0.05) is 0 Å². The van der Waals surface area contributed by atoms with Crippen molar-refractivity contribution in [1.29, 1.82) is 5.26 Å². The second-order valence-corrected chi connectivity index (χ2v) is 4.19. The number of benzene rings is 2. The van der Waals surface area contributed by atoms with Crippen LogP contribution in [0.25, 0.3) is 0 Å². The predicted molar refractivity (Wildman–Crippen MR) is 69.1 cm³/mol. The van der Waals surface area contributed by atoms with E-state index >= 15 is 0 Å². The minimum absolute atomic E-state index is 0.0565. The maximum Gasteiger partial charge on any atom is 0.573 e. The summed E-state index contributed by atoms with van der Waals surface area (Å²) >= 11 is 0. The van der Waals surface area contributed by atoms with Gasteiger partial charge in [0.1, 0.15) is 5.75 Å². The van der Waals surface area contributed by atoms with Crippen LogP contribution in [0.5, 0.6) is 17.2 Å². The first-order chi connectivity index (χ1) is 9.89. The van der Waals surface area contributed by atoms with Crippen LogP contribution in [0.4, 0.5) is 13.2 Å². The number of aryl methyl sites for hydroxylation is 1. The summed E-state index contributed by atoms with van der Waals surface area (Å²) in [6.45, 7) is 1.71. The first-order valence-corrected chi connectivity index (χ1v) is 5.92. The highest BCUT2D eigenvalue weighted by atomic mass is 19.4. The second-order valence-electron chi connectivity index (χ2n) is 4.19. The van der Waals surface area contributed by atoms with E-state index in [1.165, 1.54) is 36.4 Å². The van der Waals surface area contributed by atoms with Crippen molar-refractivity contribution in [2.24, 2.45) is 0 Å². The number of nitriles is 1. The zero-order valence-electron chi connectivity index (χ0n) is 10.9. The van der Waals surface area contributed by atoms with Crippen molar-refractivity contribution in [3.05, 3.63) is 53.6 Å². The predicted octanol–water partition coefficient (Wildman–Crippen LogP) is 4.56. The van der Waals surface area contributed by atoms with E-state index in [4.69, 9.17) is 10.00 Å². The van der Waals surface area contributed by atoms with E-state index in [9.17, 15) is 13.2 Å². The van der Waals surface area contributed by atoms with Crippen molar-refractivity contribution in [2.45, 2.75) is 13.3 Å². The highest BCUT2D eigenvalue weighted by Crippen LogP contribution is 2.35. The molecule has 0 aliphatic rings. The molecule has 0 saturated carbocycles. The third-order valence-corrected chi connectivity index (χ3v) is 2.62. The van der Waals surface area contributed by atoms with Gasteiger partial charge in [-0.2, -0.15) is 5.26 Å². The fourth-order valence-electron chi connectivity index (χ4n) is 1.70. The Labute approximate surface area is 119 Å². The summed E-state index contributed by atoms with van der Waals surface area (Å²) in [7, 11) is 0. The Hall–Kier alpha value is -2.68. The first kappa shape index (κ1) is 14.7. The molecule has 0 saturated heterocycles. The van der Waals surface area contributed by atoms with E-state index in [0.29, 0.717) is 16.9 Å². The van der Waals surface area contributed by atoms with Crippen LogP contribution >= 0.6 is 0 Å². The lowest BCUT2D eigenvalue weighted by molar-refractivity contribution is -0.275. The third kappa shape index (κ3) is 3.89. The molecule has 2 rings (SSSR count). The molecule has 0 fully saturated rings. The molecule has 108 valence electrons. The molecule has 0 amide bonds. The fraction of sp³-hybridized carbons (Fsp3) is 0.133. The summed E-state index contributed by atoms with van der Waals surface area (Å²) in [6, 6.07) is 12.1. The maximum atomic E-state index is 12.3. The highest BCUT2D eigenvalue weighted by molar-refractivity contribution is 5.46. The lowest BCUT2D eigenvalue weighted by Gasteiger charge is -2.14. The molecular weight excluding hydrogens is 283 g/mol. The van der Waals surface area contributed by atoms with Gasteiger partial charge in [-0.3, -0.25) is 0 Å². The smallest absolute Gasteiger partial charge is 0.453 e. The monoisotopic (exact) mass is 293 g/mol. The lowest BCUT2D eigenvalue weighted by Crippen LogP contribution is -2.17.